The molecule has 3 N–H and O–H groups in total. The summed E-state index contributed by atoms with van der Waals surface area (Å²) in [7, 11) is 2.99. The van der Waals surface area contributed by atoms with Crippen molar-refractivity contribution >= 4 is 17.6 Å². The highest BCUT2D eigenvalue weighted by molar-refractivity contribution is 5.90. The molecule has 0 amide bonds. The lowest BCUT2D eigenvalue weighted by atomic mass is 10.0. The van der Waals surface area contributed by atoms with Crippen LogP contribution in [0.4, 0.5) is 0 Å². The van der Waals surface area contributed by atoms with Gasteiger partial charge in [-0.1, -0.05) is 17.3 Å². The van der Waals surface area contributed by atoms with Crippen molar-refractivity contribution in [1.29, 1.82) is 0 Å². The first kappa shape index (κ1) is 21.3. The molecule has 0 fully saturated rings. The van der Waals surface area contributed by atoms with Gasteiger partial charge in [0.25, 0.3) is 5.89 Å². The van der Waals surface area contributed by atoms with Gasteiger partial charge in [-0.25, -0.2) is 4.79 Å². The smallest absolute Gasteiger partial charge is 0.337 e. The predicted molar refractivity (Wildman–Crippen MR) is 114 cm³/mol. The summed E-state index contributed by atoms with van der Waals surface area (Å²) in [6.07, 6.45) is 4.78. The lowest BCUT2D eigenvalue weighted by Gasteiger charge is -2.04. The van der Waals surface area contributed by atoms with Crippen LogP contribution in [0, 0.1) is 0 Å². The topological polar surface area (TPSA) is 102 Å². The van der Waals surface area contributed by atoms with E-state index in [1.807, 2.05) is 42.5 Å². The van der Waals surface area contributed by atoms with Gasteiger partial charge in [-0.2, -0.15) is 4.98 Å². The Balaban J connectivity index is 1.86. The van der Waals surface area contributed by atoms with Gasteiger partial charge < -0.3 is 19.7 Å². The van der Waals surface area contributed by atoms with Crippen molar-refractivity contribution in [2.75, 3.05) is 20.8 Å². The SMILES string of the molecule is COC(=O)c1ccc(/C=C(\CCCC[NH3+])c2nc(-c3ccc(OC)cc3)no2)cc1. The highest BCUT2D eigenvalue weighted by Gasteiger charge is 2.14. The predicted octanol–water partition coefficient (Wildman–Crippen LogP) is 3.48. The molecule has 1 heterocycles. The molecule has 2 aromatic carbocycles. The van der Waals surface area contributed by atoms with Crippen molar-refractivity contribution in [3.63, 3.8) is 0 Å². The molecule has 0 saturated heterocycles. The first-order chi connectivity index (χ1) is 14.6. The number of carbonyl (C=O) groups excluding carboxylic acids is 1. The third-order valence-electron chi connectivity index (χ3n) is 4.67. The quantitative estimate of drug-likeness (QED) is 0.430. The zero-order valence-corrected chi connectivity index (χ0v) is 17.3. The lowest BCUT2D eigenvalue weighted by Crippen LogP contribution is -2.50. The Morgan fingerprint density at radius 1 is 1.07 bits per heavy atom. The monoisotopic (exact) mass is 408 g/mol. The van der Waals surface area contributed by atoms with E-state index < -0.39 is 0 Å². The molecule has 3 rings (SSSR count). The number of hydrogen-bond donors (Lipinski definition) is 1. The molecular formula is C23H26N3O4+. The summed E-state index contributed by atoms with van der Waals surface area (Å²) in [5.41, 5.74) is 7.15. The van der Waals surface area contributed by atoms with E-state index in [0.29, 0.717) is 17.3 Å². The van der Waals surface area contributed by atoms with Gasteiger partial charge in [-0.15, -0.1) is 0 Å². The Hall–Kier alpha value is -3.45. The summed E-state index contributed by atoms with van der Waals surface area (Å²) in [5.74, 6) is 1.42. The molecule has 7 nitrogen and oxygen atoms in total. The minimum absolute atomic E-state index is 0.359. The van der Waals surface area contributed by atoms with Crippen LogP contribution in [-0.2, 0) is 4.74 Å². The van der Waals surface area contributed by atoms with Crippen LogP contribution >= 0.6 is 0 Å². The number of allylic oxidation sites excluding steroid dienone is 1. The van der Waals surface area contributed by atoms with Gasteiger partial charge in [-0.05, 0) is 67.3 Å². The molecule has 1 aromatic heterocycles. The second-order valence-electron chi connectivity index (χ2n) is 6.75. The summed E-state index contributed by atoms with van der Waals surface area (Å²) < 4.78 is 15.5. The molecule has 0 bridgehead atoms. The maximum absolute atomic E-state index is 11.6. The Morgan fingerprint density at radius 2 is 1.80 bits per heavy atom. The number of unbranched alkanes of at least 4 members (excludes halogenated alkanes) is 1. The highest BCUT2D eigenvalue weighted by Crippen LogP contribution is 2.26. The zero-order valence-electron chi connectivity index (χ0n) is 17.3. The second-order valence-corrected chi connectivity index (χ2v) is 6.75. The number of ether oxygens (including phenoxy) is 2. The summed E-state index contributed by atoms with van der Waals surface area (Å²) in [6, 6.07) is 14.7. The average molecular weight is 408 g/mol. The molecule has 7 heteroatoms. The van der Waals surface area contributed by atoms with Crippen LogP contribution in [0.5, 0.6) is 5.75 Å². The van der Waals surface area contributed by atoms with Crippen LogP contribution in [0.2, 0.25) is 0 Å². The molecule has 156 valence electrons. The number of hydrogen-bond acceptors (Lipinski definition) is 6. The van der Waals surface area contributed by atoms with Gasteiger partial charge in [0.15, 0.2) is 0 Å². The second kappa shape index (κ2) is 10.4. The van der Waals surface area contributed by atoms with Crippen molar-refractivity contribution in [3.05, 3.63) is 65.5 Å². The average Bonchev–Trinajstić information content (AvgIpc) is 3.29. The molecule has 3 aromatic rings. The number of quaternary nitrogens is 1. The van der Waals surface area contributed by atoms with Crippen LogP contribution in [0.15, 0.2) is 53.1 Å². The van der Waals surface area contributed by atoms with Crippen molar-refractivity contribution in [3.8, 4) is 17.1 Å². The Labute approximate surface area is 175 Å². The summed E-state index contributed by atoms with van der Waals surface area (Å²) in [6.45, 7) is 0.877. The first-order valence-electron chi connectivity index (χ1n) is 9.81. The minimum Gasteiger partial charge on any atom is -0.497 e. The number of nitrogens with zero attached hydrogens (tertiary/aromatic N) is 2. The van der Waals surface area contributed by atoms with Gasteiger partial charge in [0, 0.05) is 11.1 Å². The molecule has 0 spiro atoms. The van der Waals surface area contributed by atoms with E-state index in [2.05, 4.69) is 15.9 Å². The fraction of sp³-hybridized carbons (Fsp3) is 0.261. The van der Waals surface area contributed by atoms with Gasteiger partial charge in [0.2, 0.25) is 5.82 Å². The summed E-state index contributed by atoms with van der Waals surface area (Å²) in [5, 5.41) is 4.14. The molecule has 0 aliphatic rings. The fourth-order valence-electron chi connectivity index (χ4n) is 2.98. The normalized spacial score (nSPS) is 11.4. The lowest BCUT2D eigenvalue weighted by molar-refractivity contribution is -0.368. The fourth-order valence-corrected chi connectivity index (χ4v) is 2.98. The van der Waals surface area contributed by atoms with E-state index in [-0.39, 0.29) is 5.97 Å². The van der Waals surface area contributed by atoms with Gasteiger partial charge >= 0.3 is 5.97 Å². The van der Waals surface area contributed by atoms with Gasteiger partial charge in [0.05, 0.1) is 26.3 Å². The van der Waals surface area contributed by atoms with Crippen molar-refractivity contribution in [1.82, 2.24) is 10.1 Å². The standard InChI is InChI=1S/C23H25N3O4/c1-28-20-12-10-17(11-13-20)21-25-22(30-26-21)19(5-3-4-14-24)15-16-6-8-18(9-7-16)23(27)29-2/h6-13,15H,3-5,14,24H2,1-2H3/p+1/b19-15+. The molecule has 0 saturated carbocycles. The number of methoxy groups -OCH3 is 2. The maximum Gasteiger partial charge on any atom is 0.337 e. The summed E-state index contributed by atoms with van der Waals surface area (Å²) in [4.78, 5) is 16.2. The Kier molecular flexibility index (Phi) is 7.34. The van der Waals surface area contributed by atoms with Crippen LogP contribution in [0.3, 0.4) is 0 Å². The number of carbonyl (C=O) groups is 1. The number of benzene rings is 2. The third kappa shape index (κ3) is 5.33. The van der Waals surface area contributed by atoms with E-state index in [1.54, 1.807) is 19.2 Å². The minimum atomic E-state index is -0.359. The summed E-state index contributed by atoms with van der Waals surface area (Å²) >= 11 is 0. The molecule has 0 aliphatic heterocycles. The number of rotatable bonds is 9. The highest BCUT2D eigenvalue weighted by atomic mass is 16.5. The number of aromatic nitrogens is 2. The largest absolute Gasteiger partial charge is 0.497 e. The Bertz CT molecular complexity index is 992. The van der Waals surface area contributed by atoms with E-state index in [0.717, 1.165) is 48.3 Å². The van der Waals surface area contributed by atoms with Gasteiger partial charge in [-0.3, -0.25) is 0 Å². The van der Waals surface area contributed by atoms with E-state index in [4.69, 9.17) is 14.0 Å². The Morgan fingerprint density at radius 3 is 2.43 bits per heavy atom. The molecule has 0 unspecified atom stereocenters. The first-order valence-corrected chi connectivity index (χ1v) is 9.81. The van der Waals surface area contributed by atoms with Crippen LogP contribution in [0.25, 0.3) is 23.0 Å². The van der Waals surface area contributed by atoms with E-state index in [9.17, 15) is 4.79 Å². The molecule has 0 aliphatic carbocycles. The molecular weight excluding hydrogens is 382 g/mol. The van der Waals surface area contributed by atoms with Crippen molar-refractivity contribution < 1.29 is 24.5 Å². The molecule has 30 heavy (non-hydrogen) atoms. The maximum atomic E-state index is 11.6. The molecule has 0 radical (unpaired) electrons. The zero-order chi connectivity index (χ0) is 21.3. The van der Waals surface area contributed by atoms with Crippen molar-refractivity contribution in [2.24, 2.45) is 0 Å². The van der Waals surface area contributed by atoms with E-state index >= 15 is 0 Å². The van der Waals surface area contributed by atoms with Crippen molar-refractivity contribution in [2.45, 2.75) is 19.3 Å². The number of esters is 1. The van der Waals surface area contributed by atoms with Crippen LogP contribution < -0.4 is 10.5 Å². The van der Waals surface area contributed by atoms with Crippen LogP contribution in [0.1, 0.15) is 41.1 Å². The van der Waals surface area contributed by atoms with Crippen LogP contribution in [-0.4, -0.2) is 36.9 Å². The van der Waals surface area contributed by atoms with Gasteiger partial charge in [0.1, 0.15) is 5.75 Å². The third-order valence-corrected chi connectivity index (χ3v) is 4.67. The van der Waals surface area contributed by atoms with E-state index in [1.165, 1.54) is 7.11 Å². The molecule has 0 atom stereocenters.